The highest BCUT2D eigenvalue weighted by molar-refractivity contribution is 5.99. The lowest BCUT2D eigenvalue weighted by Crippen LogP contribution is -2.40. The van der Waals surface area contributed by atoms with Crippen molar-refractivity contribution in [2.24, 2.45) is 5.92 Å². The van der Waals surface area contributed by atoms with E-state index in [1.165, 1.54) is 0 Å². The van der Waals surface area contributed by atoms with Crippen LogP contribution in [0.15, 0.2) is 53.2 Å². The van der Waals surface area contributed by atoms with Gasteiger partial charge in [-0.05, 0) is 51.8 Å². The van der Waals surface area contributed by atoms with Gasteiger partial charge in [0.2, 0.25) is 11.5 Å². The van der Waals surface area contributed by atoms with E-state index in [2.05, 4.69) is 25.6 Å². The lowest BCUT2D eigenvalue weighted by atomic mass is 9.86. The van der Waals surface area contributed by atoms with E-state index >= 15 is 0 Å². The predicted octanol–water partition coefficient (Wildman–Crippen LogP) is 3.80. The summed E-state index contributed by atoms with van der Waals surface area (Å²) in [7, 11) is 0. The molecular weight excluding hydrogens is 452 g/mol. The number of carbonyl (C=O) groups excluding carboxylic acids is 2. The van der Waals surface area contributed by atoms with E-state index in [1.807, 2.05) is 48.5 Å². The average Bonchev–Trinajstić information content (AvgIpc) is 3.45. The maximum atomic E-state index is 12.7. The van der Waals surface area contributed by atoms with Crippen molar-refractivity contribution >= 4 is 23.8 Å². The van der Waals surface area contributed by atoms with Crippen molar-refractivity contribution in [2.45, 2.75) is 37.6 Å². The molecule has 2 atom stereocenters. The second-order valence-corrected chi connectivity index (χ2v) is 8.78. The summed E-state index contributed by atoms with van der Waals surface area (Å²) in [6.45, 7) is 0.103. The van der Waals surface area contributed by atoms with Gasteiger partial charge in [0.25, 0.3) is 5.91 Å². The highest BCUT2D eigenvalue weighted by Crippen LogP contribution is 2.44. The number of anilines is 1. The standard InChI is InChI=1S/C25H24N4O6/c30-23(26-15-7-5-6-14(12-15)24(31)32)21-22(29-35-28-21)27-25(33)34-13-20-18-10-3-1-8-16(18)17-9-2-4-11-19(17)20/h1-4,8-11,14-15,20H,5-7,12-13H2,(H,26,30)(H,31,32)(H,27,29,33)/t14-,15-/m1/s1. The Kier molecular flexibility index (Phi) is 6.17. The smallest absolute Gasteiger partial charge is 0.412 e. The molecule has 0 spiro atoms. The molecule has 10 heteroatoms. The molecule has 1 fully saturated rings. The molecule has 0 bridgehead atoms. The Balaban J connectivity index is 1.21. The molecule has 0 aliphatic heterocycles. The van der Waals surface area contributed by atoms with E-state index in [4.69, 9.17) is 4.74 Å². The molecule has 0 saturated heterocycles. The predicted molar refractivity (Wildman–Crippen MR) is 124 cm³/mol. The molecule has 1 aromatic heterocycles. The van der Waals surface area contributed by atoms with Crippen molar-refractivity contribution < 1.29 is 28.9 Å². The Morgan fingerprint density at radius 2 is 1.69 bits per heavy atom. The number of hydrogen-bond acceptors (Lipinski definition) is 7. The maximum Gasteiger partial charge on any atom is 0.412 e. The third-order valence-corrected chi connectivity index (χ3v) is 6.63. The summed E-state index contributed by atoms with van der Waals surface area (Å²) >= 11 is 0. The van der Waals surface area contributed by atoms with Gasteiger partial charge in [-0.2, -0.15) is 0 Å². The summed E-state index contributed by atoms with van der Waals surface area (Å²) in [6.07, 6.45) is 1.49. The Hall–Kier alpha value is -4.21. The van der Waals surface area contributed by atoms with E-state index in [0.717, 1.165) is 22.3 Å². The first kappa shape index (κ1) is 22.6. The molecule has 2 aliphatic carbocycles. The molecule has 3 aromatic rings. The summed E-state index contributed by atoms with van der Waals surface area (Å²) in [5.74, 6) is -2.24. The first-order valence-corrected chi connectivity index (χ1v) is 11.5. The third-order valence-electron chi connectivity index (χ3n) is 6.63. The topological polar surface area (TPSA) is 144 Å². The second-order valence-electron chi connectivity index (χ2n) is 8.78. The largest absolute Gasteiger partial charge is 0.481 e. The molecule has 10 nitrogen and oxygen atoms in total. The van der Waals surface area contributed by atoms with Crippen LogP contribution in [-0.4, -0.2) is 46.0 Å². The second kappa shape index (κ2) is 9.57. The number of hydrogen-bond donors (Lipinski definition) is 3. The van der Waals surface area contributed by atoms with E-state index < -0.39 is 23.9 Å². The molecule has 2 amide bonds. The zero-order valence-electron chi connectivity index (χ0n) is 18.8. The molecule has 3 N–H and O–H groups in total. The number of carbonyl (C=O) groups is 3. The van der Waals surface area contributed by atoms with Crippen molar-refractivity contribution in [3.8, 4) is 11.1 Å². The van der Waals surface area contributed by atoms with Gasteiger partial charge in [0.1, 0.15) is 6.61 Å². The number of benzene rings is 2. The van der Waals surface area contributed by atoms with Gasteiger partial charge in [0.15, 0.2) is 0 Å². The number of carboxylic acids is 1. The number of aliphatic carboxylic acids is 1. The number of nitrogens with one attached hydrogen (secondary N) is 2. The first-order valence-electron chi connectivity index (χ1n) is 11.5. The fourth-order valence-electron chi connectivity index (χ4n) is 4.95. The molecular formula is C25H24N4O6. The van der Waals surface area contributed by atoms with E-state index in [-0.39, 0.29) is 30.1 Å². The highest BCUT2D eigenvalue weighted by atomic mass is 16.6. The summed E-state index contributed by atoms with van der Waals surface area (Å²) in [4.78, 5) is 36.5. The molecule has 180 valence electrons. The van der Waals surface area contributed by atoms with Gasteiger partial charge in [-0.25, -0.2) is 9.42 Å². The third kappa shape index (κ3) is 4.59. The number of carboxylic acid groups (broad SMARTS) is 1. The zero-order valence-corrected chi connectivity index (χ0v) is 18.8. The van der Waals surface area contributed by atoms with Crippen LogP contribution in [0.5, 0.6) is 0 Å². The Bertz CT molecular complexity index is 1230. The minimum atomic E-state index is -0.871. The van der Waals surface area contributed by atoms with Crippen molar-refractivity contribution in [3.63, 3.8) is 0 Å². The van der Waals surface area contributed by atoms with Gasteiger partial charge in [0, 0.05) is 12.0 Å². The average molecular weight is 476 g/mol. The van der Waals surface area contributed by atoms with Gasteiger partial charge < -0.3 is 15.2 Å². The van der Waals surface area contributed by atoms with E-state index in [9.17, 15) is 19.5 Å². The highest BCUT2D eigenvalue weighted by Gasteiger charge is 2.31. The molecule has 0 unspecified atom stereocenters. The van der Waals surface area contributed by atoms with Gasteiger partial charge in [0.05, 0.1) is 5.92 Å². The van der Waals surface area contributed by atoms with E-state index in [0.29, 0.717) is 25.7 Å². The number of rotatable bonds is 6. The zero-order chi connectivity index (χ0) is 24.4. The Morgan fingerprint density at radius 3 is 2.37 bits per heavy atom. The van der Waals surface area contributed by atoms with Crippen LogP contribution < -0.4 is 10.6 Å². The molecule has 2 aromatic carbocycles. The molecule has 0 radical (unpaired) electrons. The number of fused-ring (bicyclic) bond motifs is 3. The van der Waals surface area contributed by atoms with Crippen LogP contribution in [-0.2, 0) is 9.53 Å². The monoisotopic (exact) mass is 476 g/mol. The van der Waals surface area contributed by atoms with Crippen LogP contribution in [0, 0.1) is 5.92 Å². The van der Waals surface area contributed by atoms with Crippen LogP contribution in [0.25, 0.3) is 11.1 Å². The van der Waals surface area contributed by atoms with Gasteiger partial charge >= 0.3 is 12.1 Å². The van der Waals surface area contributed by atoms with Crippen molar-refractivity contribution in [2.75, 3.05) is 11.9 Å². The summed E-state index contributed by atoms with van der Waals surface area (Å²) < 4.78 is 10.1. The fourth-order valence-corrected chi connectivity index (χ4v) is 4.95. The normalized spacial score (nSPS) is 18.9. The fraction of sp³-hybridized carbons (Fsp3) is 0.320. The van der Waals surface area contributed by atoms with Gasteiger partial charge in [-0.3, -0.25) is 14.9 Å². The van der Waals surface area contributed by atoms with Crippen LogP contribution in [0.3, 0.4) is 0 Å². The Labute approximate surface area is 200 Å². The summed E-state index contributed by atoms with van der Waals surface area (Å²) in [5.41, 5.74) is 4.19. The number of nitrogens with zero attached hydrogens (tertiary/aromatic N) is 2. The van der Waals surface area contributed by atoms with Crippen molar-refractivity contribution in [1.82, 2.24) is 15.6 Å². The Morgan fingerprint density at radius 1 is 1.00 bits per heavy atom. The molecule has 35 heavy (non-hydrogen) atoms. The molecule has 2 aliphatic rings. The van der Waals surface area contributed by atoms with Crippen molar-refractivity contribution in [1.29, 1.82) is 0 Å². The molecule has 5 rings (SSSR count). The first-order chi connectivity index (χ1) is 17.0. The van der Waals surface area contributed by atoms with Crippen LogP contribution >= 0.6 is 0 Å². The quantitative estimate of drug-likeness (QED) is 0.487. The summed E-state index contributed by atoms with van der Waals surface area (Å²) in [6, 6.07) is 15.7. The maximum absolute atomic E-state index is 12.7. The number of ether oxygens (including phenoxy) is 1. The minimum Gasteiger partial charge on any atom is -0.481 e. The lowest BCUT2D eigenvalue weighted by Gasteiger charge is -2.27. The van der Waals surface area contributed by atoms with Crippen molar-refractivity contribution in [3.05, 3.63) is 65.4 Å². The lowest BCUT2D eigenvalue weighted by molar-refractivity contribution is -0.143. The van der Waals surface area contributed by atoms with E-state index in [1.54, 1.807) is 0 Å². The number of aromatic nitrogens is 2. The summed E-state index contributed by atoms with van der Waals surface area (Å²) in [5, 5.41) is 21.6. The van der Waals surface area contributed by atoms with Crippen LogP contribution in [0.2, 0.25) is 0 Å². The number of amides is 2. The van der Waals surface area contributed by atoms with Gasteiger partial charge in [-0.15, -0.1) is 0 Å². The van der Waals surface area contributed by atoms with Crippen LogP contribution in [0.4, 0.5) is 10.6 Å². The van der Waals surface area contributed by atoms with Crippen LogP contribution in [0.1, 0.15) is 53.2 Å². The SMILES string of the molecule is O=C(Nc1nonc1C(=O)N[C@@H]1CCC[C@@H](C(=O)O)C1)OCC1c2ccccc2-c2ccccc21. The minimum absolute atomic E-state index is 0.103. The molecule has 1 saturated carbocycles. The van der Waals surface area contributed by atoms with Gasteiger partial charge in [-0.1, -0.05) is 55.0 Å². The molecule has 1 heterocycles.